The Labute approximate surface area is 97.0 Å². The zero-order valence-electron chi connectivity index (χ0n) is 9.85. The minimum atomic E-state index is -3.52. The molecule has 0 bridgehead atoms. The first-order valence-corrected chi connectivity index (χ1v) is 7.47. The van der Waals surface area contributed by atoms with Gasteiger partial charge < -0.3 is 5.11 Å². The van der Waals surface area contributed by atoms with E-state index in [1.165, 1.54) is 6.92 Å². The molecule has 1 rings (SSSR count). The molecule has 3 unspecified atom stereocenters. The van der Waals surface area contributed by atoms with Gasteiger partial charge in [-0.2, -0.15) is 0 Å². The van der Waals surface area contributed by atoms with Crippen LogP contribution in [-0.4, -0.2) is 30.0 Å². The molecule has 16 heavy (non-hydrogen) atoms. The van der Waals surface area contributed by atoms with E-state index in [0.29, 0.717) is 6.42 Å². The standard InChI is InChI=1S/C11H20O4S/c1-3-9-6-4-5-7-10(9)16(14,15)8(2)11(12)13/h8-10H,3-7H2,1-2H3,(H,12,13). The van der Waals surface area contributed by atoms with Crippen LogP contribution in [0.15, 0.2) is 0 Å². The molecule has 94 valence electrons. The van der Waals surface area contributed by atoms with E-state index < -0.39 is 26.3 Å². The van der Waals surface area contributed by atoms with E-state index in [2.05, 4.69) is 0 Å². The molecule has 0 amide bonds. The van der Waals surface area contributed by atoms with Crippen LogP contribution in [0.3, 0.4) is 0 Å². The third-order valence-electron chi connectivity index (χ3n) is 3.63. The molecule has 0 aromatic carbocycles. The molecule has 4 nitrogen and oxygen atoms in total. The van der Waals surface area contributed by atoms with E-state index in [0.717, 1.165) is 25.7 Å². The lowest BCUT2D eigenvalue weighted by atomic mass is 9.87. The lowest BCUT2D eigenvalue weighted by Crippen LogP contribution is -2.41. The summed E-state index contributed by atoms with van der Waals surface area (Å²) in [6.07, 6.45) is 4.31. The summed E-state index contributed by atoms with van der Waals surface area (Å²) in [5.74, 6) is -1.10. The highest BCUT2D eigenvalue weighted by Gasteiger charge is 2.40. The van der Waals surface area contributed by atoms with Gasteiger partial charge in [0.25, 0.3) is 0 Å². The molecule has 0 spiro atoms. The topological polar surface area (TPSA) is 71.4 Å². The van der Waals surface area contributed by atoms with E-state index in [1.54, 1.807) is 0 Å². The Balaban J connectivity index is 2.92. The monoisotopic (exact) mass is 248 g/mol. The summed E-state index contributed by atoms with van der Waals surface area (Å²) in [6, 6.07) is 0. The second-order valence-electron chi connectivity index (χ2n) is 4.56. The predicted octanol–water partition coefficient (Wildman–Crippen LogP) is 1.84. The van der Waals surface area contributed by atoms with Gasteiger partial charge in [0.15, 0.2) is 15.1 Å². The first kappa shape index (κ1) is 13.5. The maximum atomic E-state index is 12.1. The van der Waals surface area contributed by atoms with Crippen molar-refractivity contribution < 1.29 is 18.3 Å². The maximum absolute atomic E-state index is 12.1. The first-order valence-electron chi connectivity index (χ1n) is 5.86. The van der Waals surface area contributed by atoms with Gasteiger partial charge in [-0.05, 0) is 25.7 Å². The van der Waals surface area contributed by atoms with E-state index >= 15 is 0 Å². The van der Waals surface area contributed by atoms with Gasteiger partial charge in [0.05, 0.1) is 5.25 Å². The van der Waals surface area contributed by atoms with Crippen LogP contribution in [0.5, 0.6) is 0 Å². The minimum absolute atomic E-state index is 0.139. The van der Waals surface area contributed by atoms with Gasteiger partial charge in [-0.25, -0.2) is 8.42 Å². The fraction of sp³-hybridized carbons (Fsp3) is 0.909. The van der Waals surface area contributed by atoms with Gasteiger partial charge in [-0.1, -0.05) is 26.2 Å². The zero-order chi connectivity index (χ0) is 12.3. The average molecular weight is 248 g/mol. The number of sulfone groups is 1. The van der Waals surface area contributed by atoms with Crippen molar-refractivity contribution in [2.24, 2.45) is 5.92 Å². The number of hydrogen-bond acceptors (Lipinski definition) is 3. The van der Waals surface area contributed by atoms with Crippen molar-refractivity contribution in [2.45, 2.75) is 56.5 Å². The van der Waals surface area contributed by atoms with Gasteiger partial charge in [-0.15, -0.1) is 0 Å². The van der Waals surface area contributed by atoms with Crippen molar-refractivity contribution in [3.63, 3.8) is 0 Å². The molecule has 0 aliphatic heterocycles. The molecule has 3 atom stereocenters. The van der Waals surface area contributed by atoms with Gasteiger partial charge in [0.2, 0.25) is 0 Å². The number of rotatable bonds is 4. The quantitative estimate of drug-likeness (QED) is 0.824. The number of carbonyl (C=O) groups is 1. The molecule has 1 N–H and O–H groups in total. The Bertz CT molecular complexity index is 347. The van der Waals surface area contributed by atoms with Crippen LogP contribution in [0.25, 0.3) is 0 Å². The van der Waals surface area contributed by atoms with E-state index in [1.807, 2.05) is 6.92 Å². The molecule has 1 fully saturated rings. The molecule has 0 saturated heterocycles. The summed E-state index contributed by atoms with van der Waals surface area (Å²) in [7, 11) is -3.52. The van der Waals surface area contributed by atoms with Crippen molar-refractivity contribution in [1.82, 2.24) is 0 Å². The number of hydrogen-bond donors (Lipinski definition) is 1. The van der Waals surface area contributed by atoms with Crippen LogP contribution < -0.4 is 0 Å². The maximum Gasteiger partial charge on any atom is 0.321 e. The molecule has 0 radical (unpaired) electrons. The fourth-order valence-corrected chi connectivity index (χ4v) is 4.64. The molecular formula is C11H20O4S. The van der Waals surface area contributed by atoms with Crippen molar-refractivity contribution in [3.8, 4) is 0 Å². The first-order chi connectivity index (χ1) is 7.41. The van der Waals surface area contributed by atoms with Crippen LogP contribution in [0.1, 0.15) is 46.0 Å². The Morgan fingerprint density at radius 3 is 2.44 bits per heavy atom. The number of carboxylic acid groups (broad SMARTS) is 1. The van der Waals surface area contributed by atoms with Crippen molar-refractivity contribution in [2.75, 3.05) is 0 Å². The summed E-state index contributed by atoms with van der Waals surface area (Å²) in [4.78, 5) is 10.8. The normalized spacial score (nSPS) is 28.6. The Morgan fingerprint density at radius 2 is 1.94 bits per heavy atom. The smallest absolute Gasteiger partial charge is 0.321 e. The van der Waals surface area contributed by atoms with Gasteiger partial charge >= 0.3 is 5.97 Å². The highest BCUT2D eigenvalue weighted by molar-refractivity contribution is 7.93. The summed E-state index contributed by atoms with van der Waals surface area (Å²) in [5, 5.41) is 7.11. The minimum Gasteiger partial charge on any atom is -0.480 e. The molecule has 1 aliphatic rings. The van der Waals surface area contributed by atoms with E-state index in [9.17, 15) is 13.2 Å². The van der Waals surface area contributed by atoms with Crippen molar-refractivity contribution in [1.29, 1.82) is 0 Å². The molecule has 1 aliphatic carbocycles. The summed E-state index contributed by atoms with van der Waals surface area (Å²) >= 11 is 0. The summed E-state index contributed by atoms with van der Waals surface area (Å²) < 4.78 is 24.2. The lowest BCUT2D eigenvalue weighted by Gasteiger charge is -2.31. The molecule has 5 heteroatoms. The van der Waals surface area contributed by atoms with Crippen LogP contribution in [0, 0.1) is 5.92 Å². The molecule has 0 heterocycles. The van der Waals surface area contributed by atoms with Crippen LogP contribution in [0.2, 0.25) is 0 Å². The third kappa shape index (κ3) is 2.56. The third-order valence-corrected chi connectivity index (χ3v) is 6.28. The highest BCUT2D eigenvalue weighted by atomic mass is 32.2. The molecular weight excluding hydrogens is 228 g/mol. The highest BCUT2D eigenvalue weighted by Crippen LogP contribution is 2.33. The van der Waals surface area contributed by atoms with Crippen molar-refractivity contribution in [3.05, 3.63) is 0 Å². The largest absolute Gasteiger partial charge is 0.480 e. The van der Waals surface area contributed by atoms with E-state index in [4.69, 9.17) is 5.11 Å². The number of aliphatic carboxylic acids is 1. The Kier molecular flexibility index (Phi) is 4.35. The second-order valence-corrected chi connectivity index (χ2v) is 7.05. The van der Waals surface area contributed by atoms with Crippen molar-refractivity contribution >= 4 is 15.8 Å². The lowest BCUT2D eigenvalue weighted by molar-refractivity contribution is -0.136. The fourth-order valence-electron chi connectivity index (χ4n) is 2.48. The van der Waals surface area contributed by atoms with Gasteiger partial charge in [0, 0.05) is 0 Å². The van der Waals surface area contributed by atoms with Gasteiger partial charge in [-0.3, -0.25) is 4.79 Å². The Morgan fingerprint density at radius 1 is 1.38 bits per heavy atom. The summed E-state index contributed by atoms with van der Waals surface area (Å²) in [5.41, 5.74) is 0. The van der Waals surface area contributed by atoms with Crippen LogP contribution in [0.4, 0.5) is 0 Å². The number of carboxylic acids is 1. The van der Waals surface area contributed by atoms with Gasteiger partial charge in [0.1, 0.15) is 0 Å². The predicted molar refractivity (Wildman–Crippen MR) is 62.1 cm³/mol. The van der Waals surface area contributed by atoms with Crippen LogP contribution >= 0.6 is 0 Å². The molecule has 0 aromatic heterocycles. The molecule has 0 aromatic rings. The SMILES string of the molecule is CCC1CCCCC1S(=O)(=O)C(C)C(=O)O. The average Bonchev–Trinajstić information content (AvgIpc) is 2.27. The molecule has 1 saturated carbocycles. The zero-order valence-corrected chi connectivity index (χ0v) is 10.7. The second kappa shape index (κ2) is 5.17. The summed E-state index contributed by atoms with van der Waals surface area (Å²) in [6.45, 7) is 3.25. The van der Waals surface area contributed by atoms with Crippen LogP contribution in [-0.2, 0) is 14.6 Å². The van der Waals surface area contributed by atoms with E-state index in [-0.39, 0.29) is 5.92 Å². The Hall–Kier alpha value is -0.580.